The molecule has 1 unspecified atom stereocenters. The third-order valence-corrected chi connectivity index (χ3v) is 5.61. The Kier molecular flexibility index (Phi) is 3.62. The van der Waals surface area contributed by atoms with E-state index >= 15 is 0 Å². The third kappa shape index (κ3) is 2.64. The first-order chi connectivity index (χ1) is 11.2. The van der Waals surface area contributed by atoms with Crippen LogP contribution in [-0.4, -0.2) is 5.78 Å². The monoisotopic (exact) mass is 318 g/mol. The zero-order valence-corrected chi connectivity index (χ0v) is 13.9. The molecule has 0 saturated carbocycles. The Labute approximate surface area is 140 Å². The second kappa shape index (κ2) is 5.78. The minimum absolute atomic E-state index is 0.0907. The molecule has 0 fully saturated rings. The maximum atomic E-state index is 12.8. The van der Waals surface area contributed by atoms with Gasteiger partial charge in [0.15, 0.2) is 5.78 Å². The Morgan fingerprint density at radius 2 is 1.74 bits per heavy atom. The van der Waals surface area contributed by atoms with E-state index in [4.69, 9.17) is 0 Å². The van der Waals surface area contributed by atoms with E-state index in [-0.39, 0.29) is 5.92 Å². The lowest BCUT2D eigenvalue weighted by molar-refractivity contribution is 0.0937. The largest absolute Gasteiger partial charge is 0.294 e. The van der Waals surface area contributed by atoms with Gasteiger partial charge in [0.1, 0.15) is 0 Å². The van der Waals surface area contributed by atoms with Crippen LogP contribution in [0.1, 0.15) is 25.7 Å². The van der Waals surface area contributed by atoms with E-state index in [9.17, 15) is 4.79 Å². The second-order valence-electron chi connectivity index (χ2n) is 6.18. The van der Waals surface area contributed by atoms with E-state index in [1.807, 2.05) is 18.2 Å². The van der Waals surface area contributed by atoms with Crippen LogP contribution in [0, 0.1) is 12.8 Å². The lowest BCUT2D eigenvalue weighted by Crippen LogP contribution is -2.11. The van der Waals surface area contributed by atoms with Crippen molar-refractivity contribution in [2.45, 2.75) is 19.8 Å². The normalized spacial score (nSPS) is 16.6. The van der Waals surface area contributed by atoms with Gasteiger partial charge in [0.05, 0.1) is 0 Å². The van der Waals surface area contributed by atoms with Crippen molar-refractivity contribution in [3.05, 3.63) is 81.5 Å². The Bertz CT molecular complexity index is 861. The van der Waals surface area contributed by atoms with Gasteiger partial charge < -0.3 is 0 Å². The number of aryl methyl sites for hydroxylation is 1. The molecule has 1 aromatic heterocycles. The summed E-state index contributed by atoms with van der Waals surface area (Å²) in [5, 5.41) is 0. The molecule has 0 aliphatic heterocycles. The van der Waals surface area contributed by atoms with Crippen molar-refractivity contribution >= 4 is 17.1 Å². The highest BCUT2D eigenvalue weighted by Gasteiger charge is 2.32. The van der Waals surface area contributed by atoms with Crippen molar-refractivity contribution in [3.8, 4) is 11.1 Å². The van der Waals surface area contributed by atoms with Crippen LogP contribution in [0.25, 0.3) is 11.1 Å². The molecule has 1 nitrogen and oxygen atoms in total. The first-order valence-electron chi connectivity index (χ1n) is 7.99. The Morgan fingerprint density at radius 1 is 0.957 bits per heavy atom. The van der Waals surface area contributed by atoms with Crippen molar-refractivity contribution < 1.29 is 4.79 Å². The zero-order chi connectivity index (χ0) is 15.8. The van der Waals surface area contributed by atoms with Gasteiger partial charge in [-0.05, 0) is 48.6 Å². The molecule has 23 heavy (non-hydrogen) atoms. The van der Waals surface area contributed by atoms with Gasteiger partial charge >= 0.3 is 0 Å². The fourth-order valence-corrected chi connectivity index (χ4v) is 4.46. The first kappa shape index (κ1) is 14.4. The van der Waals surface area contributed by atoms with Crippen molar-refractivity contribution in [2.24, 2.45) is 5.92 Å². The summed E-state index contributed by atoms with van der Waals surface area (Å²) in [5.74, 6) is 0.400. The molecule has 3 aromatic rings. The van der Waals surface area contributed by atoms with Crippen LogP contribution >= 0.6 is 11.3 Å². The number of carbonyl (C=O) groups excluding carboxylic acids is 1. The van der Waals surface area contributed by atoms with Crippen LogP contribution in [0.4, 0.5) is 0 Å². The fraction of sp³-hybridized carbons (Fsp3) is 0.190. The number of hydrogen-bond acceptors (Lipinski definition) is 2. The molecule has 0 amide bonds. The molecule has 0 N–H and O–H groups in total. The highest BCUT2D eigenvalue weighted by atomic mass is 32.1. The Hall–Kier alpha value is -2.19. The smallest absolute Gasteiger partial charge is 0.166 e. The molecule has 0 bridgehead atoms. The van der Waals surface area contributed by atoms with Gasteiger partial charge in [-0.1, -0.05) is 48.5 Å². The van der Waals surface area contributed by atoms with E-state index in [0.29, 0.717) is 5.78 Å². The maximum Gasteiger partial charge on any atom is 0.166 e. The van der Waals surface area contributed by atoms with Crippen molar-refractivity contribution in [1.29, 1.82) is 0 Å². The van der Waals surface area contributed by atoms with Crippen molar-refractivity contribution in [2.75, 3.05) is 0 Å². The number of rotatable bonds is 3. The van der Waals surface area contributed by atoms with Crippen LogP contribution in [0.3, 0.4) is 0 Å². The number of ketones is 1. The van der Waals surface area contributed by atoms with E-state index in [1.54, 1.807) is 11.3 Å². The van der Waals surface area contributed by atoms with Crippen LogP contribution in [0.15, 0.2) is 60.7 Å². The molecule has 1 heterocycles. The van der Waals surface area contributed by atoms with Crippen LogP contribution in [0.2, 0.25) is 0 Å². The van der Waals surface area contributed by atoms with Crippen LogP contribution < -0.4 is 0 Å². The highest BCUT2D eigenvalue weighted by Crippen LogP contribution is 2.36. The van der Waals surface area contributed by atoms with E-state index in [1.165, 1.54) is 26.4 Å². The molecule has 0 radical (unpaired) electrons. The maximum absolute atomic E-state index is 12.8. The average molecular weight is 318 g/mol. The predicted molar refractivity (Wildman–Crippen MR) is 96.2 cm³/mol. The SMILES string of the molecule is Cc1ccc(CC2Cc3c(cccc3-c3ccccc3)C2=O)s1. The zero-order valence-electron chi connectivity index (χ0n) is 13.1. The number of hydrogen-bond donors (Lipinski definition) is 0. The molecule has 4 rings (SSSR count). The first-order valence-corrected chi connectivity index (χ1v) is 8.81. The molecular formula is C21H18OS. The van der Waals surface area contributed by atoms with Crippen molar-refractivity contribution in [3.63, 3.8) is 0 Å². The summed E-state index contributed by atoms with van der Waals surface area (Å²) in [4.78, 5) is 15.4. The minimum Gasteiger partial charge on any atom is -0.294 e. The standard InChI is InChI=1S/C21H18OS/c1-14-10-11-17(23-14)12-16-13-20-18(15-6-3-2-4-7-15)8-5-9-19(20)21(16)22/h2-11,16H,12-13H2,1H3. The van der Waals surface area contributed by atoms with Crippen LogP contribution in [0.5, 0.6) is 0 Å². The summed E-state index contributed by atoms with van der Waals surface area (Å²) >= 11 is 1.80. The molecular weight excluding hydrogens is 300 g/mol. The average Bonchev–Trinajstić information content (AvgIpc) is 3.13. The van der Waals surface area contributed by atoms with Gasteiger partial charge in [-0.15, -0.1) is 11.3 Å². The third-order valence-electron chi connectivity index (χ3n) is 4.59. The highest BCUT2D eigenvalue weighted by molar-refractivity contribution is 7.11. The molecule has 1 aliphatic rings. The van der Waals surface area contributed by atoms with Gasteiger partial charge in [0.2, 0.25) is 0 Å². The number of thiophene rings is 1. The topological polar surface area (TPSA) is 17.1 Å². The quantitative estimate of drug-likeness (QED) is 0.638. The summed E-state index contributed by atoms with van der Waals surface area (Å²) in [6, 6.07) is 20.8. The molecule has 2 aromatic carbocycles. The summed E-state index contributed by atoms with van der Waals surface area (Å²) in [6.45, 7) is 2.12. The molecule has 114 valence electrons. The number of Topliss-reactive ketones (excluding diaryl/α,β-unsaturated/α-hetero) is 1. The Balaban J connectivity index is 1.68. The Morgan fingerprint density at radius 3 is 2.48 bits per heavy atom. The lowest BCUT2D eigenvalue weighted by Gasteiger charge is -2.08. The van der Waals surface area contributed by atoms with E-state index < -0.39 is 0 Å². The minimum atomic E-state index is 0.0907. The van der Waals surface area contributed by atoms with E-state index in [2.05, 4.69) is 49.4 Å². The predicted octanol–water partition coefficient (Wildman–Crippen LogP) is 5.32. The summed E-state index contributed by atoms with van der Waals surface area (Å²) < 4.78 is 0. The fourth-order valence-electron chi connectivity index (χ4n) is 3.49. The summed E-state index contributed by atoms with van der Waals surface area (Å²) in [5.41, 5.74) is 4.55. The van der Waals surface area contributed by atoms with Gasteiger partial charge in [-0.2, -0.15) is 0 Å². The van der Waals surface area contributed by atoms with Gasteiger partial charge in [-0.25, -0.2) is 0 Å². The second-order valence-corrected chi connectivity index (χ2v) is 7.55. The summed E-state index contributed by atoms with van der Waals surface area (Å²) in [6.07, 6.45) is 1.72. The van der Waals surface area contributed by atoms with Gasteiger partial charge in [0.25, 0.3) is 0 Å². The molecule has 2 heteroatoms. The molecule has 0 spiro atoms. The summed E-state index contributed by atoms with van der Waals surface area (Å²) in [7, 11) is 0. The lowest BCUT2D eigenvalue weighted by atomic mass is 9.96. The number of carbonyl (C=O) groups is 1. The van der Waals surface area contributed by atoms with E-state index in [0.717, 1.165) is 18.4 Å². The van der Waals surface area contributed by atoms with Gasteiger partial charge in [-0.3, -0.25) is 4.79 Å². The molecule has 1 aliphatic carbocycles. The van der Waals surface area contributed by atoms with Crippen LogP contribution in [-0.2, 0) is 12.8 Å². The molecule has 1 atom stereocenters. The number of fused-ring (bicyclic) bond motifs is 1. The van der Waals surface area contributed by atoms with Gasteiger partial charge in [0, 0.05) is 21.2 Å². The molecule has 0 saturated heterocycles. The number of benzene rings is 2. The van der Waals surface area contributed by atoms with Crippen molar-refractivity contribution in [1.82, 2.24) is 0 Å².